The van der Waals surface area contributed by atoms with Gasteiger partial charge in [-0.05, 0) is 87.6 Å². The fraction of sp³-hybridized carbons (Fsp3) is 0.966. The Morgan fingerprint density at radius 2 is 1.22 bits per heavy atom. The predicted molar refractivity (Wildman–Crippen MR) is 164 cm³/mol. The molecule has 7 heteroatoms. The molecule has 1 heterocycles. The van der Waals surface area contributed by atoms with Crippen molar-refractivity contribution in [1.82, 2.24) is 5.32 Å². The topological polar surface area (TPSA) is 68.9 Å². The molecule has 0 aromatic heterocycles. The summed E-state index contributed by atoms with van der Waals surface area (Å²) < 4.78 is 12.7. The molecule has 3 N–H and O–H groups in total. The lowest BCUT2D eigenvalue weighted by Crippen LogP contribution is -2.41. The zero-order valence-electron chi connectivity index (χ0n) is 25.9. The second-order valence-corrected chi connectivity index (χ2v) is 23.8. The standard InChI is InChI=1S/C29H63N3O2Si2/c1-28(2,3)35(7,8)33-23-17-15-21-25-19-13-11-12-14-20-26(32-27(30)31-25)22-16-18-24-34-36(9,10)29(4,5)6/h25-26H,11-24H2,1-10H3,(H3,30,31,32)/t25-,26+. The molecule has 0 aromatic carbocycles. The summed E-state index contributed by atoms with van der Waals surface area (Å²) in [5.74, 6) is 0.655. The summed E-state index contributed by atoms with van der Waals surface area (Å²) in [4.78, 5) is 4.95. The SMILES string of the molecule is CC(C)(C)[Si](C)(C)OCCCC[C@@H]1CCCCCC[C@H](CCCCO[Si](C)(C)C(C)(C)C)NC(N)=N1. The minimum atomic E-state index is -1.64. The van der Waals surface area contributed by atoms with Crippen molar-refractivity contribution in [2.75, 3.05) is 13.2 Å². The third-order valence-corrected chi connectivity index (χ3v) is 18.0. The molecule has 36 heavy (non-hydrogen) atoms. The Bertz CT molecular complexity index is 639. The molecule has 0 fully saturated rings. The lowest BCUT2D eigenvalue weighted by Gasteiger charge is -2.36. The van der Waals surface area contributed by atoms with E-state index in [0.29, 0.717) is 18.0 Å². The molecule has 0 saturated heterocycles. The Morgan fingerprint density at radius 3 is 1.72 bits per heavy atom. The second kappa shape index (κ2) is 15.3. The highest BCUT2D eigenvalue weighted by molar-refractivity contribution is 6.74. The summed E-state index contributed by atoms with van der Waals surface area (Å²) in [5.41, 5.74) is 6.43. The maximum Gasteiger partial charge on any atom is 0.191 e. The molecule has 214 valence electrons. The number of hydrogen-bond donors (Lipinski definition) is 2. The molecular weight excluding hydrogens is 479 g/mol. The predicted octanol–water partition coefficient (Wildman–Crippen LogP) is 8.37. The Kier molecular flexibility index (Phi) is 14.3. The van der Waals surface area contributed by atoms with Crippen LogP contribution in [0, 0.1) is 0 Å². The average Bonchev–Trinajstić information content (AvgIpc) is 2.76. The van der Waals surface area contributed by atoms with Gasteiger partial charge < -0.3 is 19.9 Å². The third kappa shape index (κ3) is 12.9. The van der Waals surface area contributed by atoms with Crippen molar-refractivity contribution < 1.29 is 8.85 Å². The van der Waals surface area contributed by atoms with Crippen molar-refractivity contribution in [3.8, 4) is 0 Å². The van der Waals surface area contributed by atoms with E-state index < -0.39 is 16.6 Å². The van der Waals surface area contributed by atoms with Crippen LogP contribution in [0.4, 0.5) is 0 Å². The second-order valence-electron chi connectivity index (χ2n) is 14.2. The quantitative estimate of drug-likeness (QED) is 0.192. The summed E-state index contributed by atoms with van der Waals surface area (Å²) in [6.07, 6.45) is 14.4. The van der Waals surface area contributed by atoms with Gasteiger partial charge >= 0.3 is 0 Å². The Morgan fingerprint density at radius 1 is 0.750 bits per heavy atom. The number of nitrogens with one attached hydrogen (secondary N) is 1. The Labute approximate surface area is 227 Å². The van der Waals surface area contributed by atoms with Crippen molar-refractivity contribution in [3.63, 3.8) is 0 Å². The molecule has 0 saturated carbocycles. The van der Waals surface area contributed by atoms with E-state index >= 15 is 0 Å². The van der Waals surface area contributed by atoms with E-state index in [2.05, 4.69) is 73.0 Å². The van der Waals surface area contributed by atoms with E-state index in [1.807, 2.05) is 0 Å². The first-order chi connectivity index (χ1) is 16.6. The molecule has 1 aliphatic rings. The van der Waals surface area contributed by atoms with Crippen molar-refractivity contribution in [3.05, 3.63) is 0 Å². The van der Waals surface area contributed by atoms with Gasteiger partial charge in [0.2, 0.25) is 0 Å². The van der Waals surface area contributed by atoms with Gasteiger partial charge in [-0.3, -0.25) is 4.99 Å². The zero-order chi connectivity index (χ0) is 27.5. The molecule has 1 aliphatic heterocycles. The maximum absolute atomic E-state index is 6.43. The van der Waals surface area contributed by atoms with Crippen LogP contribution in [0.2, 0.25) is 36.3 Å². The highest BCUT2D eigenvalue weighted by Gasteiger charge is 2.37. The molecule has 0 radical (unpaired) electrons. The first kappa shape index (κ1) is 33.7. The average molecular weight is 542 g/mol. The zero-order valence-corrected chi connectivity index (χ0v) is 27.9. The van der Waals surface area contributed by atoms with E-state index in [1.54, 1.807) is 0 Å². The van der Waals surface area contributed by atoms with E-state index in [9.17, 15) is 0 Å². The molecular formula is C29H63N3O2Si2. The van der Waals surface area contributed by atoms with Crippen LogP contribution in [-0.2, 0) is 8.85 Å². The number of nitrogens with two attached hydrogens (primary N) is 1. The molecule has 2 atom stereocenters. The van der Waals surface area contributed by atoms with Crippen LogP contribution in [0.3, 0.4) is 0 Å². The minimum Gasteiger partial charge on any atom is -0.417 e. The van der Waals surface area contributed by atoms with E-state index in [4.69, 9.17) is 19.6 Å². The molecule has 0 amide bonds. The molecule has 0 unspecified atom stereocenters. The van der Waals surface area contributed by atoms with Gasteiger partial charge in [0.05, 0.1) is 6.04 Å². The highest BCUT2D eigenvalue weighted by Crippen LogP contribution is 2.37. The molecule has 0 spiro atoms. The summed E-state index contributed by atoms with van der Waals surface area (Å²) >= 11 is 0. The normalized spacial score (nSPS) is 21.4. The summed E-state index contributed by atoms with van der Waals surface area (Å²) in [6, 6.07) is 0.764. The third-order valence-electron chi connectivity index (χ3n) is 8.93. The summed E-state index contributed by atoms with van der Waals surface area (Å²) in [5, 5.41) is 4.15. The van der Waals surface area contributed by atoms with Crippen LogP contribution in [0.5, 0.6) is 0 Å². The Hall–Kier alpha value is -0.376. The smallest absolute Gasteiger partial charge is 0.191 e. The van der Waals surface area contributed by atoms with Gasteiger partial charge in [-0.1, -0.05) is 67.2 Å². The van der Waals surface area contributed by atoms with Crippen LogP contribution >= 0.6 is 0 Å². The number of nitrogens with zero attached hydrogens (tertiary/aromatic N) is 1. The summed E-state index contributed by atoms with van der Waals surface area (Å²) in [7, 11) is -3.28. The van der Waals surface area contributed by atoms with Crippen LogP contribution in [-0.4, -0.2) is 47.9 Å². The van der Waals surface area contributed by atoms with Crippen molar-refractivity contribution in [2.24, 2.45) is 10.7 Å². The lowest BCUT2D eigenvalue weighted by molar-refractivity contribution is 0.275. The number of guanidine groups is 1. The van der Waals surface area contributed by atoms with Gasteiger partial charge in [0.1, 0.15) is 0 Å². The fourth-order valence-electron chi connectivity index (χ4n) is 4.19. The minimum absolute atomic E-state index is 0.278. The van der Waals surface area contributed by atoms with Crippen LogP contribution in [0.15, 0.2) is 4.99 Å². The van der Waals surface area contributed by atoms with Gasteiger partial charge in [0.15, 0.2) is 22.6 Å². The number of aliphatic imine (C=N–C) groups is 1. The fourth-order valence-corrected chi connectivity index (χ4v) is 6.37. The van der Waals surface area contributed by atoms with E-state index in [1.165, 1.54) is 38.5 Å². The number of rotatable bonds is 12. The van der Waals surface area contributed by atoms with Crippen molar-refractivity contribution in [2.45, 2.75) is 167 Å². The van der Waals surface area contributed by atoms with Crippen LogP contribution < -0.4 is 11.1 Å². The molecule has 0 aromatic rings. The van der Waals surface area contributed by atoms with Gasteiger partial charge in [-0.2, -0.15) is 0 Å². The van der Waals surface area contributed by atoms with Crippen LogP contribution in [0.1, 0.15) is 119 Å². The lowest BCUT2D eigenvalue weighted by atomic mass is 10.0. The Balaban J connectivity index is 2.48. The monoisotopic (exact) mass is 541 g/mol. The maximum atomic E-state index is 6.43. The van der Waals surface area contributed by atoms with Gasteiger partial charge in [-0.25, -0.2) is 0 Å². The first-order valence-electron chi connectivity index (χ1n) is 14.9. The van der Waals surface area contributed by atoms with Gasteiger partial charge in [0.25, 0.3) is 0 Å². The largest absolute Gasteiger partial charge is 0.417 e. The van der Waals surface area contributed by atoms with E-state index in [-0.39, 0.29) is 10.1 Å². The van der Waals surface area contributed by atoms with E-state index in [0.717, 1.165) is 51.7 Å². The van der Waals surface area contributed by atoms with Gasteiger partial charge in [0, 0.05) is 19.3 Å². The molecule has 1 rings (SSSR count). The van der Waals surface area contributed by atoms with Crippen molar-refractivity contribution in [1.29, 1.82) is 0 Å². The molecule has 0 bridgehead atoms. The first-order valence-corrected chi connectivity index (χ1v) is 20.7. The van der Waals surface area contributed by atoms with Gasteiger partial charge in [-0.15, -0.1) is 0 Å². The highest BCUT2D eigenvalue weighted by atomic mass is 28.4. The number of hydrogen-bond acceptors (Lipinski definition) is 5. The molecule has 0 aliphatic carbocycles. The van der Waals surface area contributed by atoms with Crippen LogP contribution in [0.25, 0.3) is 0 Å². The number of unbranched alkanes of at least 4 members (excludes halogenated alkanes) is 2. The summed E-state index contributed by atoms with van der Waals surface area (Å²) in [6.45, 7) is 25.0. The molecule has 5 nitrogen and oxygen atoms in total. The van der Waals surface area contributed by atoms with Crippen molar-refractivity contribution >= 4 is 22.6 Å².